The van der Waals surface area contributed by atoms with Crippen molar-refractivity contribution in [2.24, 2.45) is 0 Å². The van der Waals surface area contributed by atoms with E-state index in [0.29, 0.717) is 0 Å². The molecule has 24 heavy (non-hydrogen) atoms. The summed E-state index contributed by atoms with van der Waals surface area (Å²) in [5.41, 5.74) is 2.31. The molecule has 1 radical (unpaired) electrons. The van der Waals surface area contributed by atoms with E-state index in [1.165, 1.54) is 35.2 Å². The van der Waals surface area contributed by atoms with Gasteiger partial charge in [-0.15, -0.1) is 22.7 Å². The van der Waals surface area contributed by atoms with Crippen molar-refractivity contribution < 1.29 is 30.0 Å². The molecule has 1 N–H and O–H groups in total. The maximum absolute atomic E-state index is 10.0. The largest absolute Gasteiger partial charge is 0.512 e. The Kier molecular flexibility index (Phi) is 8.79. The maximum Gasteiger partial charge on any atom is 0.155 e. The molecule has 0 atom stereocenters. The van der Waals surface area contributed by atoms with Crippen LogP contribution in [0.2, 0.25) is 0 Å². The van der Waals surface area contributed by atoms with Crippen LogP contribution in [0.1, 0.15) is 13.8 Å². The summed E-state index contributed by atoms with van der Waals surface area (Å²) in [5, 5.41) is 12.5. The number of carbonyl (C=O) groups is 1. The third kappa shape index (κ3) is 6.13. The number of hydrogen-bond acceptors (Lipinski definition) is 5. The zero-order valence-corrected chi connectivity index (χ0v) is 17.3. The second-order valence-corrected chi connectivity index (χ2v) is 6.65. The van der Waals surface area contributed by atoms with Gasteiger partial charge in [0.25, 0.3) is 0 Å². The minimum atomic E-state index is -0.125. The van der Waals surface area contributed by atoms with Gasteiger partial charge in [0.1, 0.15) is 0 Å². The average Bonchev–Trinajstić information content (AvgIpc) is 3.20. The first-order valence-electron chi connectivity index (χ1n) is 6.98. The number of rotatable bonds is 3. The van der Waals surface area contributed by atoms with E-state index in [1.54, 1.807) is 22.7 Å². The molecule has 3 rings (SSSR count). The number of carbonyl (C=O) groups excluding carboxylic acids is 1. The number of hydrogen-bond donors (Lipinski definition) is 1. The summed E-state index contributed by atoms with van der Waals surface area (Å²) in [6, 6.07) is 12.5. The molecular formula is C18H17IrNO2S2. The number of allylic oxidation sites excluding steroid dienone is 2. The van der Waals surface area contributed by atoms with Crippen LogP contribution in [0, 0.1) is 0 Å². The van der Waals surface area contributed by atoms with Crippen molar-refractivity contribution >= 4 is 28.5 Å². The number of aromatic nitrogens is 1. The normalized spacial score (nSPS) is 10.3. The standard InChI is InChI=1S/C13H9NS2.C5H8O2.Ir/c1-4-10(11-5-2-8-15-11)13(14-7-1)12-6-3-9-16-12;1-4(6)3-5(2)7;/h1-9H;3,6H,1-2H3;/b;4-3-;. The summed E-state index contributed by atoms with van der Waals surface area (Å²) in [4.78, 5) is 17.0. The molecule has 0 fully saturated rings. The van der Waals surface area contributed by atoms with E-state index in [1.807, 2.05) is 12.3 Å². The van der Waals surface area contributed by atoms with Gasteiger partial charge in [-0.2, -0.15) is 0 Å². The molecule has 3 nitrogen and oxygen atoms in total. The molecule has 0 saturated heterocycles. The monoisotopic (exact) mass is 536 g/mol. The summed E-state index contributed by atoms with van der Waals surface area (Å²) in [6.45, 7) is 2.85. The summed E-state index contributed by atoms with van der Waals surface area (Å²) < 4.78 is 0. The minimum Gasteiger partial charge on any atom is -0.512 e. The van der Waals surface area contributed by atoms with Crippen LogP contribution in [-0.2, 0) is 24.9 Å². The van der Waals surface area contributed by atoms with Gasteiger partial charge in [0, 0.05) is 42.8 Å². The molecule has 0 unspecified atom stereocenters. The van der Waals surface area contributed by atoms with Crippen LogP contribution in [0.3, 0.4) is 0 Å². The van der Waals surface area contributed by atoms with E-state index in [2.05, 4.69) is 46.1 Å². The van der Waals surface area contributed by atoms with Gasteiger partial charge in [-0.05, 0) is 48.9 Å². The fraction of sp³-hybridized carbons (Fsp3) is 0.111. The Morgan fingerprint density at radius 3 is 2.12 bits per heavy atom. The molecule has 0 spiro atoms. The summed E-state index contributed by atoms with van der Waals surface area (Å²) >= 11 is 3.48. The van der Waals surface area contributed by atoms with Gasteiger partial charge in [0.2, 0.25) is 0 Å². The van der Waals surface area contributed by atoms with Crippen molar-refractivity contribution in [2.75, 3.05) is 0 Å². The quantitative estimate of drug-likeness (QED) is 0.352. The van der Waals surface area contributed by atoms with E-state index in [0.717, 1.165) is 5.69 Å². The third-order valence-electron chi connectivity index (χ3n) is 2.76. The number of pyridine rings is 1. The molecule has 0 amide bonds. The zero-order valence-electron chi connectivity index (χ0n) is 13.2. The van der Waals surface area contributed by atoms with Gasteiger partial charge in [-0.1, -0.05) is 12.1 Å². The van der Waals surface area contributed by atoms with Gasteiger partial charge in [0.05, 0.1) is 16.3 Å². The third-order valence-corrected chi connectivity index (χ3v) is 4.54. The predicted molar refractivity (Wildman–Crippen MR) is 97.9 cm³/mol. The van der Waals surface area contributed by atoms with E-state index in [4.69, 9.17) is 5.11 Å². The Balaban J connectivity index is 0.000000312. The van der Waals surface area contributed by atoms with Gasteiger partial charge in [0.15, 0.2) is 5.78 Å². The molecule has 0 bridgehead atoms. The molecule has 0 aliphatic heterocycles. The number of aliphatic hydroxyl groups excluding tert-OH is 1. The van der Waals surface area contributed by atoms with Crippen LogP contribution >= 0.6 is 22.7 Å². The van der Waals surface area contributed by atoms with Crippen molar-refractivity contribution in [3.8, 4) is 21.0 Å². The molecule has 3 aromatic rings. The molecule has 0 saturated carbocycles. The Labute approximate surface area is 163 Å². The van der Waals surface area contributed by atoms with Crippen LogP contribution < -0.4 is 0 Å². The number of thiophene rings is 2. The molecule has 127 valence electrons. The van der Waals surface area contributed by atoms with Crippen molar-refractivity contribution in [1.82, 2.24) is 4.98 Å². The summed E-state index contributed by atoms with van der Waals surface area (Å²) in [5.74, 6) is -0.0625. The predicted octanol–water partition coefficient (Wildman–Crippen LogP) is 5.57. The van der Waals surface area contributed by atoms with Gasteiger partial charge in [-0.3, -0.25) is 9.78 Å². The molecule has 0 aliphatic carbocycles. The molecule has 3 heterocycles. The minimum absolute atomic E-state index is 0. The van der Waals surface area contributed by atoms with Crippen LogP contribution in [0.25, 0.3) is 21.0 Å². The van der Waals surface area contributed by atoms with E-state index >= 15 is 0 Å². The second-order valence-electron chi connectivity index (χ2n) is 4.75. The fourth-order valence-corrected chi connectivity index (χ4v) is 3.43. The number of ketones is 1. The summed E-state index contributed by atoms with van der Waals surface area (Å²) in [7, 11) is 0. The Morgan fingerprint density at radius 1 is 1.04 bits per heavy atom. The first-order chi connectivity index (χ1) is 11.1. The number of aliphatic hydroxyl groups is 1. The maximum atomic E-state index is 10.0. The van der Waals surface area contributed by atoms with Crippen molar-refractivity contribution in [1.29, 1.82) is 0 Å². The Morgan fingerprint density at radius 2 is 1.67 bits per heavy atom. The van der Waals surface area contributed by atoms with Gasteiger partial charge < -0.3 is 5.11 Å². The first kappa shape index (κ1) is 20.5. The van der Waals surface area contributed by atoms with Crippen LogP contribution in [0.4, 0.5) is 0 Å². The molecule has 0 aromatic carbocycles. The van der Waals surface area contributed by atoms with Crippen molar-refractivity contribution in [3.05, 3.63) is 65.2 Å². The van der Waals surface area contributed by atoms with Gasteiger partial charge in [-0.25, -0.2) is 0 Å². The number of nitrogens with zero attached hydrogens (tertiary/aromatic N) is 1. The van der Waals surface area contributed by atoms with E-state index < -0.39 is 0 Å². The van der Waals surface area contributed by atoms with Crippen molar-refractivity contribution in [2.45, 2.75) is 13.8 Å². The smallest absolute Gasteiger partial charge is 0.155 e. The van der Waals surface area contributed by atoms with Crippen molar-refractivity contribution in [3.63, 3.8) is 0 Å². The molecule has 0 aliphatic rings. The van der Waals surface area contributed by atoms with Gasteiger partial charge >= 0.3 is 0 Å². The Bertz CT molecular complexity index is 724. The average molecular weight is 536 g/mol. The molecular weight excluding hydrogens is 519 g/mol. The summed E-state index contributed by atoms with van der Waals surface area (Å²) in [6.07, 6.45) is 3.02. The zero-order chi connectivity index (χ0) is 16.7. The van der Waals surface area contributed by atoms with Crippen LogP contribution in [0.5, 0.6) is 0 Å². The molecule has 6 heteroatoms. The van der Waals surface area contributed by atoms with E-state index in [-0.39, 0.29) is 31.6 Å². The topological polar surface area (TPSA) is 50.2 Å². The van der Waals surface area contributed by atoms with E-state index in [9.17, 15) is 4.79 Å². The Hall–Kier alpha value is -1.59. The SMILES string of the molecule is CC(=O)/C=C(/C)O.[Ir].c1csc(-c2cccnc2-c2cccs2)c1. The van der Waals surface area contributed by atoms with Crippen LogP contribution in [0.15, 0.2) is 65.2 Å². The second kappa shape index (κ2) is 10.3. The fourth-order valence-electron chi connectivity index (χ4n) is 1.94. The van der Waals surface area contributed by atoms with Crippen LogP contribution in [-0.4, -0.2) is 15.9 Å². The molecule has 3 aromatic heterocycles. The first-order valence-corrected chi connectivity index (χ1v) is 8.74.